The highest BCUT2D eigenvalue weighted by Gasteiger charge is 2.45. The summed E-state index contributed by atoms with van der Waals surface area (Å²) in [6.45, 7) is 19.6. The molecule has 2 fully saturated rings. The van der Waals surface area contributed by atoms with Gasteiger partial charge < -0.3 is 54.8 Å². The summed E-state index contributed by atoms with van der Waals surface area (Å²) >= 11 is 1.57. The minimum absolute atomic E-state index is 0.0384. The third kappa shape index (κ3) is 14.5. The topological polar surface area (TPSA) is 227 Å². The molecule has 5 aromatic rings. The van der Waals surface area contributed by atoms with Crippen LogP contribution in [0.15, 0.2) is 71.1 Å². The molecule has 2 unspecified atom stereocenters. The van der Waals surface area contributed by atoms with Crippen LogP contribution in [-0.2, 0) is 35.1 Å². The Kier molecular flexibility index (Phi) is 19.6. The zero-order valence-electron chi connectivity index (χ0n) is 45.2. The minimum Gasteiger partial charge on any atom is -0.475 e. The van der Waals surface area contributed by atoms with E-state index < -0.39 is 35.4 Å². The first-order chi connectivity index (χ1) is 36.3. The van der Waals surface area contributed by atoms with Crippen LogP contribution in [0.25, 0.3) is 21.6 Å². The van der Waals surface area contributed by atoms with Crippen LogP contribution in [-0.4, -0.2) is 132 Å². The summed E-state index contributed by atoms with van der Waals surface area (Å²) in [5.74, 6) is -1.25. The van der Waals surface area contributed by atoms with Crippen molar-refractivity contribution in [3.63, 3.8) is 0 Å². The predicted octanol–water partition coefficient (Wildman–Crippen LogP) is 6.51. The smallest absolute Gasteiger partial charge is 0.253 e. The number of pyridine rings is 2. The summed E-state index contributed by atoms with van der Waals surface area (Å²) in [5, 5.41) is 19.5. The molecular formula is C57H74N8O10S. The van der Waals surface area contributed by atoms with Crippen molar-refractivity contribution >= 4 is 40.7 Å². The van der Waals surface area contributed by atoms with Crippen LogP contribution in [0.5, 0.6) is 5.88 Å². The summed E-state index contributed by atoms with van der Waals surface area (Å²) in [5.41, 5.74) is 9.73. The van der Waals surface area contributed by atoms with Crippen molar-refractivity contribution in [1.82, 2.24) is 35.8 Å². The number of hydrogen-bond acceptors (Lipinski definition) is 14. The van der Waals surface area contributed by atoms with Gasteiger partial charge >= 0.3 is 0 Å². The van der Waals surface area contributed by atoms with E-state index in [9.17, 15) is 29.1 Å². The molecule has 408 valence electrons. The van der Waals surface area contributed by atoms with Gasteiger partial charge in [-0.25, -0.2) is 9.97 Å². The van der Waals surface area contributed by atoms with Gasteiger partial charge in [0.1, 0.15) is 25.3 Å². The van der Waals surface area contributed by atoms with Crippen molar-refractivity contribution < 1.29 is 43.2 Å². The zero-order valence-corrected chi connectivity index (χ0v) is 46.1. The Hall–Kier alpha value is -6.51. The molecule has 7 rings (SSSR count). The van der Waals surface area contributed by atoms with Crippen LogP contribution in [0.4, 0.5) is 5.69 Å². The molecule has 76 heavy (non-hydrogen) atoms. The number of thiazole rings is 1. The number of aromatic amines is 1. The van der Waals surface area contributed by atoms with Gasteiger partial charge in [-0.3, -0.25) is 24.0 Å². The number of nitrogens with one attached hydrogen (secondary N) is 4. The number of benzene rings is 2. The fraction of sp³-hybridized carbons (Fsp3) is 0.491. The lowest BCUT2D eigenvalue weighted by Gasteiger charge is -2.37. The number of aromatic nitrogens is 3. The number of nitrogens with zero attached hydrogens (tertiary/aromatic N) is 4. The quantitative estimate of drug-likeness (QED) is 0.0467. The lowest BCUT2D eigenvalue weighted by molar-refractivity contribution is -0.144. The number of H-pyrrole nitrogens is 1. The number of amides is 4. The molecule has 2 saturated heterocycles. The van der Waals surface area contributed by atoms with Crippen LogP contribution in [0.1, 0.15) is 104 Å². The first-order valence-corrected chi connectivity index (χ1v) is 27.0. The van der Waals surface area contributed by atoms with Crippen molar-refractivity contribution in [2.75, 3.05) is 64.2 Å². The molecule has 3 aromatic heterocycles. The van der Waals surface area contributed by atoms with Gasteiger partial charge in [0.2, 0.25) is 23.6 Å². The summed E-state index contributed by atoms with van der Waals surface area (Å²) in [4.78, 5) is 84.2. The van der Waals surface area contributed by atoms with E-state index in [2.05, 4.69) is 48.8 Å². The summed E-state index contributed by atoms with van der Waals surface area (Å²) in [6.07, 6.45) is 2.64. The number of carbonyl (C=O) groups excluding carboxylic acids is 4. The maximum absolute atomic E-state index is 14.1. The Balaban J connectivity index is 0.874. The monoisotopic (exact) mass is 1060 g/mol. The molecule has 2 aromatic carbocycles. The van der Waals surface area contributed by atoms with Gasteiger partial charge in [-0.2, -0.15) is 0 Å². The van der Waals surface area contributed by atoms with Crippen molar-refractivity contribution in [3.8, 4) is 27.4 Å². The second-order valence-electron chi connectivity index (χ2n) is 20.7. The van der Waals surface area contributed by atoms with Crippen LogP contribution in [0, 0.1) is 33.1 Å². The molecule has 0 spiro atoms. The average molecular weight is 1060 g/mol. The largest absolute Gasteiger partial charge is 0.475 e. The van der Waals surface area contributed by atoms with Gasteiger partial charge in [-0.05, 0) is 112 Å². The number of ether oxygens (including phenoxy) is 4. The van der Waals surface area contributed by atoms with Crippen LogP contribution < -0.4 is 31.1 Å². The van der Waals surface area contributed by atoms with E-state index in [-0.39, 0.29) is 82.0 Å². The highest BCUT2D eigenvalue weighted by atomic mass is 32.1. The Morgan fingerprint density at radius 3 is 2.29 bits per heavy atom. The van der Waals surface area contributed by atoms with E-state index in [4.69, 9.17) is 18.9 Å². The van der Waals surface area contributed by atoms with Gasteiger partial charge in [0.25, 0.3) is 11.5 Å². The number of aryl methyl sites for hydroxylation is 3. The molecule has 2 aliphatic rings. The molecule has 4 atom stereocenters. The number of rotatable bonds is 22. The maximum Gasteiger partial charge on any atom is 0.253 e. The highest BCUT2D eigenvalue weighted by Crippen LogP contribution is 2.35. The number of β-amino-alcohol motifs (C(OH)–C–C–N with tert-alkyl or cyclic N) is 1. The highest BCUT2D eigenvalue weighted by molar-refractivity contribution is 7.13. The molecule has 0 radical (unpaired) electrons. The van der Waals surface area contributed by atoms with Gasteiger partial charge in [0, 0.05) is 85.6 Å². The van der Waals surface area contributed by atoms with Crippen molar-refractivity contribution in [2.24, 2.45) is 5.41 Å². The Morgan fingerprint density at radius 2 is 1.63 bits per heavy atom. The molecule has 0 bridgehead atoms. The molecule has 18 nitrogen and oxygen atoms in total. The molecule has 4 amide bonds. The van der Waals surface area contributed by atoms with Crippen LogP contribution in [0.3, 0.4) is 0 Å². The number of hydrogen-bond donors (Lipinski definition) is 5. The van der Waals surface area contributed by atoms with Gasteiger partial charge in [0.15, 0.2) is 0 Å². The number of likely N-dealkylation sites (tertiary alicyclic amines) is 1. The summed E-state index contributed by atoms with van der Waals surface area (Å²) in [6, 6.07) is 15.4. The fourth-order valence-electron chi connectivity index (χ4n) is 9.83. The Morgan fingerprint density at radius 1 is 0.921 bits per heavy atom. The lowest BCUT2D eigenvalue weighted by Crippen LogP contribution is -2.58. The molecular weight excluding hydrogens is 989 g/mol. The van der Waals surface area contributed by atoms with E-state index in [1.807, 2.05) is 103 Å². The number of aliphatic hydroxyl groups is 1. The third-order valence-electron chi connectivity index (χ3n) is 14.0. The normalized spacial score (nSPS) is 16.7. The first-order valence-electron chi connectivity index (χ1n) is 26.1. The number of carbonyl (C=O) groups is 4. The molecule has 0 saturated carbocycles. The van der Waals surface area contributed by atoms with Gasteiger partial charge in [-0.1, -0.05) is 45.0 Å². The van der Waals surface area contributed by atoms with Crippen molar-refractivity contribution in [1.29, 1.82) is 0 Å². The number of anilines is 1. The predicted molar refractivity (Wildman–Crippen MR) is 292 cm³/mol. The van der Waals surface area contributed by atoms with E-state index in [0.29, 0.717) is 30.2 Å². The van der Waals surface area contributed by atoms with Gasteiger partial charge in [0.05, 0.1) is 48.0 Å². The molecule has 5 N–H and O–H groups in total. The van der Waals surface area contributed by atoms with Gasteiger partial charge in [-0.15, -0.1) is 11.3 Å². The van der Waals surface area contributed by atoms with Crippen molar-refractivity contribution in [2.45, 2.75) is 118 Å². The average Bonchev–Trinajstić information content (AvgIpc) is 4.02. The standard InChI is InChI=1S/C57H74N8O10S/c1-10-64(43-17-19-72-20-18-43)47-27-42(26-45(36(47)4)53(68)59-30-46-34(2)25-35(3)61-54(46)69)41-15-16-50(58-29-41)75-24-23-73-21-22-74-32-49(67)63-52(57(7,8)9)56(71)65-31-44(66)28-48(65)55(70)62-37(5)39-11-13-40(14-12-39)51-38(6)60-33-76-51/h11-16,25-27,29,33,37,43-44,48,52,66H,10,17-24,28,30-32H2,1-9H3,(H,59,68)(H,61,69)(H,62,70)(H,63,67)/t37?,44-,48+,52?/m1/s1. The van der Waals surface area contributed by atoms with Crippen LogP contribution in [0.2, 0.25) is 0 Å². The fourth-order valence-corrected chi connectivity index (χ4v) is 10.6. The number of aliphatic hydroxyl groups excluding tert-OH is 1. The zero-order chi connectivity index (χ0) is 54.7. The summed E-state index contributed by atoms with van der Waals surface area (Å²) in [7, 11) is 0. The molecule has 0 aliphatic carbocycles. The molecule has 2 aliphatic heterocycles. The van der Waals surface area contributed by atoms with E-state index in [0.717, 1.165) is 74.7 Å². The SMILES string of the molecule is CCN(c1cc(-c2ccc(OCCOCCOCC(=O)NC(C(=O)N3C[C@H](O)C[C@H]3C(=O)NC(C)c3ccc(-c4scnc4C)cc3)C(C)(C)C)nc2)cc(C(=O)NCc2c(C)cc(C)[nH]c2=O)c1C)C1CCOCC1. The second kappa shape index (κ2) is 26.0. The maximum atomic E-state index is 14.1. The second-order valence-corrected chi connectivity index (χ2v) is 21.6. The lowest BCUT2D eigenvalue weighted by atomic mass is 9.85. The minimum atomic E-state index is -0.999. The first kappa shape index (κ1) is 57.2. The molecule has 5 heterocycles. The molecule has 19 heteroatoms. The van der Waals surface area contributed by atoms with E-state index in [1.54, 1.807) is 23.6 Å². The van der Waals surface area contributed by atoms with Crippen LogP contribution >= 0.6 is 11.3 Å². The third-order valence-corrected chi connectivity index (χ3v) is 15.0. The van der Waals surface area contributed by atoms with E-state index >= 15 is 0 Å². The Bertz CT molecular complexity index is 2860. The van der Waals surface area contributed by atoms with E-state index in [1.165, 1.54) is 4.90 Å². The Labute approximate surface area is 449 Å². The summed E-state index contributed by atoms with van der Waals surface area (Å²) < 4.78 is 22.9. The van der Waals surface area contributed by atoms with Crippen molar-refractivity contribution in [3.05, 3.63) is 116 Å².